The van der Waals surface area contributed by atoms with Crippen LogP contribution < -0.4 is 14.2 Å². The minimum Gasteiger partial charge on any atom is -0.490 e. The molecule has 0 N–H and O–H groups in total. The number of benzene rings is 4. The Morgan fingerprint density at radius 1 is 0.757 bits per heavy atom. The number of aliphatic imine (C=N–C) groups is 1. The molecule has 0 aliphatic heterocycles. The molecule has 5 rings (SSSR count). The number of para-hydroxylation sites is 1. The number of carbonyl (C=O) groups is 5. The first kappa shape index (κ1) is 53.8. The molecule has 5 aromatic rings. The fraction of sp³-hybridized carbons (Fsp3) is 0.352. The Bertz CT molecular complexity index is 2530. The second-order valence-corrected chi connectivity index (χ2v) is 17.8. The molecule has 0 bridgehead atoms. The molecule has 15 nitrogen and oxygen atoms in total. The van der Waals surface area contributed by atoms with E-state index in [0.29, 0.717) is 54.9 Å². The van der Waals surface area contributed by atoms with Gasteiger partial charge in [0.25, 0.3) is 0 Å². The van der Waals surface area contributed by atoms with E-state index in [2.05, 4.69) is 20.1 Å². The van der Waals surface area contributed by atoms with E-state index in [1.807, 2.05) is 57.2 Å². The standard InChI is InChI=1S/C54H60N2O13S/c1-7-41(33-48-56-45-14-10-11-15-47(45)70-48)55-34-40-32-37(26-30-65-52(60)38-19-23-43(24-20-38)69-54(4,5)6)16-25-46(40)68-53(61)39-17-21-42(22-18-39)66-36-44(67-51(59)27-31-64-50(58)9-3)35-62-28-12-13-29-63-49(57)8-2/h8-11,14-25,32,34,41,44H,2-3,7,12-13,26-31,33,35-36H2,1,4-6H3. The van der Waals surface area contributed by atoms with Crippen LogP contribution in [0.2, 0.25) is 0 Å². The Balaban J connectivity index is 1.23. The van der Waals surface area contributed by atoms with E-state index in [0.717, 1.165) is 39.4 Å². The Labute approximate surface area is 412 Å². The van der Waals surface area contributed by atoms with Gasteiger partial charge in [-0.3, -0.25) is 9.79 Å². The highest BCUT2D eigenvalue weighted by Crippen LogP contribution is 2.26. The van der Waals surface area contributed by atoms with Gasteiger partial charge in [0, 0.05) is 43.4 Å². The van der Waals surface area contributed by atoms with Crippen molar-refractivity contribution in [3.8, 4) is 17.2 Å². The predicted octanol–water partition coefficient (Wildman–Crippen LogP) is 9.47. The number of hydrogen-bond donors (Lipinski definition) is 0. The number of hydrogen-bond acceptors (Lipinski definition) is 16. The monoisotopic (exact) mass is 976 g/mol. The van der Waals surface area contributed by atoms with E-state index >= 15 is 0 Å². The van der Waals surface area contributed by atoms with E-state index < -0.39 is 36.0 Å². The number of thiazole rings is 1. The third-order valence-electron chi connectivity index (χ3n) is 10.00. The Morgan fingerprint density at radius 2 is 1.43 bits per heavy atom. The summed E-state index contributed by atoms with van der Waals surface area (Å²) in [7, 11) is 0. The quantitative estimate of drug-likeness (QED) is 0.0115. The number of rotatable bonds is 28. The second-order valence-electron chi connectivity index (χ2n) is 16.7. The lowest BCUT2D eigenvalue weighted by molar-refractivity contribution is -0.156. The summed E-state index contributed by atoms with van der Waals surface area (Å²) in [5.74, 6) is -1.57. The summed E-state index contributed by atoms with van der Waals surface area (Å²) >= 11 is 1.64. The first-order valence-electron chi connectivity index (χ1n) is 23.0. The largest absolute Gasteiger partial charge is 0.490 e. The van der Waals surface area contributed by atoms with Crippen molar-refractivity contribution in [3.63, 3.8) is 0 Å². The molecular weight excluding hydrogens is 917 g/mol. The molecule has 1 heterocycles. The van der Waals surface area contributed by atoms with Gasteiger partial charge in [-0.25, -0.2) is 24.2 Å². The molecule has 16 heteroatoms. The normalized spacial score (nSPS) is 12.1. The number of carbonyl (C=O) groups excluding carboxylic acids is 5. The van der Waals surface area contributed by atoms with E-state index in [4.69, 9.17) is 47.9 Å². The minimum absolute atomic E-state index is 0.00577. The molecule has 2 atom stereocenters. The molecule has 70 heavy (non-hydrogen) atoms. The molecule has 2 unspecified atom stereocenters. The zero-order valence-corrected chi connectivity index (χ0v) is 40.9. The van der Waals surface area contributed by atoms with Crippen LogP contribution in [-0.4, -0.2) is 98.4 Å². The molecule has 0 radical (unpaired) electrons. The molecule has 1 aromatic heterocycles. The van der Waals surface area contributed by atoms with E-state index in [9.17, 15) is 24.0 Å². The van der Waals surface area contributed by atoms with E-state index in [-0.39, 0.29) is 62.4 Å². The van der Waals surface area contributed by atoms with Crippen LogP contribution in [0.25, 0.3) is 10.2 Å². The third-order valence-corrected chi connectivity index (χ3v) is 11.1. The van der Waals surface area contributed by atoms with Crippen molar-refractivity contribution in [1.29, 1.82) is 0 Å². The maximum absolute atomic E-state index is 13.6. The SMILES string of the molecule is C=CC(=O)OCCCCOCC(COc1ccc(C(=O)Oc2ccc(CCOC(=O)c3ccc(OC(C)(C)C)cc3)cc2C=NC(CC)Cc2nc3ccccc3s2)cc1)OC(=O)CCOC(=O)C=C. The highest BCUT2D eigenvalue weighted by molar-refractivity contribution is 7.18. The van der Waals surface area contributed by atoms with Crippen molar-refractivity contribution in [2.45, 2.75) is 84.0 Å². The molecule has 0 spiro atoms. The fourth-order valence-corrected chi connectivity index (χ4v) is 7.48. The third kappa shape index (κ3) is 18.7. The zero-order valence-electron chi connectivity index (χ0n) is 40.1. The summed E-state index contributed by atoms with van der Waals surface area (Å²) in [5, 5.41) is 0.974. The summed E-state index contributed by atoms with van der Waals surface area (Å²) in [6.45, 7) is 14.9. The van der Waals surface area contributed by atoms with Gasteiger partial charge >= 0.3 is 29.8 Å². The number of esters is 5. The van der Waals surface area contributed by atoms with Crippen LogP contribution in [0.15, 0.2) is 121 Å². The lowest BCUT2D eigenvalue weighted by Gasteiger charge is -2.21. The molecule has 0 fully saturated rings. The van der Waals surface area contributed by atoms with Crippen molar-refractivity contribution in [2.75, 3.05) is 39.6 Å². The van der Waals surface area contributed by atoms with Crippen molar-refractivity contribution in [1.82, 2.24) is 4.98 Å². The van der Waals surface area contributed by atoms with Gasteiger partial charge in [0.1, 0.15) is 36.1 Å². The van der Waals surface area contributed by atoms with Crippen LogP contribution in [0, 0.1) is 0 Å². The Hall–Kier alpha value is -7.17. The minimum atomic E-state index is -0.833. The number of unbranched alkanes of at least 4 members (excludes halogenated alkanes) is 1. The molecule has 0 aliphatic carbocycles. The fourth-order valence-electron chi connectivity index (χ4n) is 6.44. The van der Waals surface area contributed by atoms with Gasteiger partial charge in [0.2, 0.25) is 0 Å². The average molecular weight is 977 g/mol. The van der Waals surface area contributed by atoms with Crippen LogP contribution in [0.5, 0.6) is 17.2 Å². The molecule has 4 aromatic carbocycles. The predicted molar refractivity (Wildman–Crippen MR) is 266 cm³/mol. The number of fused-ring (bicyclic) bond motifs is 1. The van der Waals surface area contributed by atoms with Crippen molar-refractivity contribution in [3.05, 3.63) is 144 Å². The summed E-state index contributed by atoms with van der Waals surface area (Å²) < 4.78 is 45.6. The summed E-state index contributed by atoms with van der Waals surface area (Å²) in [5.41, 5.74) is 2.62. The first-order chi connectivity index (χ1) is 33.7. The number of ether oxygens (including phenoxy) is 8. The van der Waals surface area contributed by atoms with Crippen molar-refractivity contribution >= 4 is 57.6 Å². The van der Waals surface area contributed by atoms with Crippen molar-refractivity contribution in [2.24, 2.45) is 4.99 Å². The van der Waals surface area contributed by atoms with E-state index in [1.165, 1.54) is 0 Å². The van der Waals surface area contributed by atoms with Crippen LogP contribution in [0.1, 0.15) is 90.2 Å². The van der Waals surface area contributed by atoms with Gasteiger partial charge in [0.05, 0.1) is 58.6 Å². The van der Waals surface area contributed by atoms with Gasteiger partial charge in [-0.05, 0) is 118 Å². The zero-order chi connectivity index (χ0) is 50.3. The summed E-state index contributed by atoms with van der Waals surface area (Å²) in [6.07, 6.45) is 5.67. The van der Waals surface area contributed by atoms with Gasteiger partial charge in [-0.1, -0.05) is 38.3 Å². The van der Waals surface area contributed by atoms with Crippen LogP contribution in [0.4, 0.5) is 0 Å². The van der Waals surface area contributed by atoms with Crippen LogP contribution >= 0.6 is 11.3 Å². The van der Waals surface area contributed by atoms with E-state index in [1.54, 1.807) is 72.1 Å². The smallest absolute Gasteiger partial charge is 0.343 e. The molecule has 0 amide bonds. The molecule has 0 saturated carbocycles. The summed E-state index contributed by atoms with van der Waals surface area (Å²) in [6, 6.07) is 26.4. The Morgan fingerprint density at radius 3 is 2.11 bits per heavy atom. The lowest BCUT2D eigenvalue weighted by atomic mass is 10.1. The topological polar surface area (TPSA) is 184 Å². The molecule has 0 aliphatic rings. The van der Waals surface area contributed by atoms with Gasteiger partial charge in [0.15, 0.2) is 6.10 Å². The van der Waals surface area contributed by atoms with Crippen molar-refractivity contribution < 1.29 is 61.9 Å². The van der Waals surface area contributed by atoms with Crippen LogP contribution in [0.3, 0.4) is 0 Å². The highest BCUT2D eigenvalue weighted by atomic mass is 32.1. The van der Waals surface area contributed by atoms with Gasteiger partial charge < -0.3 is 37.9 Å². The number of nitrogens with zero attached hydrogens (tertiary/aromatic N) is 2. The second kappa shape index (κ2) is 27.7. The van der Waals surface area contributed by atoms with Gasteiger partial charge in [-0.2, -0.15) is 0 Å². The van der Waals surface area contributed by atoms with Crippen LogP contribution in [-0.2, 0) is 50.9 Å². The molecule has 0 saturated heterocycles. The Kier molecular flexibility index (Phi) is 21.3. The average Bonchev–Trinajstić information content (AvgIpc) is 3.76. The highest BCUT2D eigenvalue weighted by Gasteiger charge is 2.19. The number of aromatic nitrogens is 1. The molecule has 370 valence electrons. The molecular formula is C54H60N2O13S. The summed E-state index contributed by atoms with van der Waals surface area (Å²) in [4.78, 5) is 71.5. The first-order valence-corrected chi connectivity index (χ1v) is 23.8. The maximum atomic E-state index is 13.6. The maximum Gasteiger partial charge on any atom is 0.343 e. The lowest BCUT2D eigenvalue weighted by Crippen LogP contribution is -2.30. The van der Waals surface area contributed by atoms with Gasteiger partial charge in [-0.15, -0.1) is 11.3 Å².